The molecule has 2 saturated carbocycles. The smallest absolute Gasteiger partial charge is 0.319 e. The lowest BCUT2D eigenvalue weighted by Crippen LogP contribution is -2.66. The predicted octanol–water partition coefficient (Wildman–Crippen LogP) is 3.69. The summed E-state index contributed by atoms with van der Waals surface area (Å²) in [6, 6.07) is -0.763. The molecule has 0 amide bonds. The summed E-state index contributed by atoms with van der Waals surface area (Å²) >= 11 is 0.640. The zero-order chi connectivity index (χ0) is 22.7. The van der Waals surface area contributed by atoms with Crippen LogP contribution in [0.3, 0.4) is 0 Å². The Morgan fingerprint density at radius 2 is 1.77 bits per heavy atom. The second-order valence-electron chi connectivity index (χ2n) is 8.10. The Labute approximate surface area is 176 Å². The molecule has 0 spiro atoms. The summed E-state index contributed by atoms with van der Waals surface area (Å²) in [6.07, 6.45) is -6.39. The number of thiazole rings is 1. The minimum absolute atomic E-state index is 0.0216. The van der Waals surface area contributed by atoms with Crippen molar-refractivity contribution in [2.75, 3.05) is 0 Å². The van der Waals surface area contributed by atoms with Gasteiger partial charge in [-0.1, -0.05) is 0 Å². The third-order valence-corrected chi connectivity index (χ3v) is 6.41. The lowest BCUT2D eigenvalue weighted by molar-refractivity contribution is -0.140. The summed E-state index contributed by atoms with van der Waals surface area (Å²) < 4.78 is 93.5. The number of hydrogen-bond donors (Lipinski definition) is 3. The van der Waals surface area contributed by atoms with Crippen LogP contribution < -0.4 is 16.4 Å². The molecule has 4 N–H and O–H groups in total. The van der Waals surface area contributed by atoms with E-state index in [2.05, 4.69) is 25.6 Å². The first kappa shape index (κ1) is 22.2. The molecule has 1 aliphatic heterocycles. The van der Waals surface area contributed by atoms with E-state index in [1.165, 1.54) is 0 Å². The van der Waals surface area contributed by atoms with Crippen LogP contribution in [0, 0.1) is 5.92 Å². The molecule has 3 aliphatic rings. The number of amidine groups is 1. The van der Waals surface area contributed by atoms with Crippen molar-refractivity contribution in [1.29, 1.82) is 0 Å². The highest BCUT2D eigenvalue weighted by Gasteiger charge is 2.50. The molecule has 1 aromatic heterocycles. The van der Waals surface area contributed by atoms with Gasteiger partial charge in [0.15, 0.2) is 28.3 Å². The Morgan fingerprint density at radius 3 is 2.32 bits per heavy atom. The van der Waals surface area contributed by atoms with Crippen LogP contribution in [-0.4, -0.2) is 40.5 Å². The van der Waals surface area contributed by atoms with Crippen LogP contribution in [0.5, 0.6) is 0 Å². The van der Waals surface area contributed by atoms with Crippen LogP contribution in [0.2, 0.25) is 0 Å². The number of nitrogens with zero attached hydrogens (tertiary/aromatic N) is 3. The van der Waals surface area contributed by atoms with Gasteiger partial charge in [0, 0.05) is 37.0 Å². The summed E-state index contributed by atoms with van der Waals surface area (Å²) in [5.74, 6) is -8.75. The van der Waals surface area contributed by atoms with Crippen molar-refractivity contribution >= 4 is 23.1 Å². The van der Waals surface area contributed by atoms with Crippen molar-refractivity contribution in [3.05, 3.63) is 16.1 Å². The van der Waals surface area contributed by atoms with Gasteiger partial charge in [-0.25, -0.2) is 32.5 Å². The fourth-order valence-corrected chi connectivity index (χ4v) is 4.76. The zero-order valence-corrected chi connectivity index (χ0v) is 16.8. The number of rotatable bonds is 3. The quantitative estimate of drug-likeness (QED) is 0.586. The number of alkyl halides is 7. The number of guanidine groups is 1. The third-order valence-electron chi connectivity index (χ3n) is 5.56. The van der Waals surface area contributed by atoms with Crippen molar-refractivity contribution in [1.82, 2.24) is 15.6 Å². The topological polar surface area (TPSA) is 87.7 Å². The zero-order valence-electron chi connectivity index (χ0n) is 15.9. The molecular weight excluding hydrogens is 453 g/mol. The number of hydrogen-bond acceptors (Lipinski definition) is 5. The van der Waals surface area contributed by atoms with Gasteiger partial charge in [-0.15, -0.1) is 11.3 Å². The molecule has 31 heavy (non-hydrogen) atoms. The van der Waals surface area contributed by atoms with E-state index >= 15 is 0 Å². The van der Waals surface area contributed by atoms with Gasteiger partial charge in [0.1, 0.15) is 0 Å². The Balaban J connectivity index is 1.67. The van der Waals surface area contributed by atoms with Crippen molar-refractivity contribution in [3.63, 3.8) is 0 Å². The van der Waals surface area contributed by atoms with E-state index in [1.807, 2.05) is 0 Å². The summed E-state index contributed by atoms with van der Waals surface area (Å²) in [4.78, 5) is 11.9. The van der Waals surface area contributed by atoms with Crippen molar-refractivity contribution < 1.29 is 30.7 Å². The predicted molar refractivity (Wildman–Crippen MR) is 99.2 cm³/mol. The first-order valence-electron chi connectivity index (χ1n) is 9.55. The molecule has 2 aliphatic carbocycles. The Hall–Kier alpha value is -1.96. The molecule has 3 unspecified atom stereocenters. The van der Waals surface area contributed by atoms with E-state index in [9.17, 15) is 30.7 Å². The second kappa shape index (κ2) is 7.29. The number of halogens is 7. The van der Waals surface area contributed by atoms with E-state index in [1.54, 1.807) is 0 Å². The van der Waals surface area contributed by atoms with Gasteiger partial charge in [0.05, 0.1) is 6.04 Å². The van der Waals surface area contributed by atoms with Gasteiger partial charge in [0.2, 0.25) is 11.8 Å². The van der Waals surface area contributed by atoms with Crippen molar-refractivity contribution in [3.8, 4) is 0 Å². The molecular formula is C17H19F7N6S. The van der Waals surface area contributed by atoms with Gasteiger partial charge in [0.25, 0.3) is 0 Å². The van der Waals surface area contributed by atoms with Crippen LogP contribution in [0.1, 0.15) is 49.2 Å². The maximum Gasteiger partial charge on any atom is 0.434 e. The normalized spacial score (nSPS) is 33.8. The lowest BCUT2D eigenvalue weighted by atomic mass is 9.98. The van der Waals surface area contributed by atoms with Gasteiger partial charge in [-0.3, -0.25) is 5.73 Å². The maximum atomic E-state index is 13.8. The van der Waals surface area contributed by atoms with Crippen LogP contribution >= 0.6 is 11.3 Å². The summed E-state index contributed by atoms with van der Waals surface area (Å²) in [6.45, 7) is 0. The molecule has 3 atom stereocenters. The minimum Gasteiger partial charge on any atom is -0.319 e. The summed E-state index contributed by atoms with van der Waals surface area (Å²) in [5.41, 5.74) is 5.14. The van der Waals surface area contributed by atoms with Crippen LogP contribution in [0.15, 0.2) is 15.4 Å². The molecule has 0 aromatic carbocycles. The molecule has 0 bridgehead atoms. The van der Waals surface area contributed by atoms with E-state index in [0.29, 0.717) is 11.3 Å². The van der Waals surface area contributed by atoms with Crippen molar-refractivity contribution in [2.45, 2.75) is 68.4 Å². The van der Waals surface area contributed by atoms with Crippen molar-refractivity contribution in [2.24, 2.45) is 21.6 Å². The number of aromatic nitrogens is 1. The molecule has 1 aromatic rings. The first-order chi connectivity index (χ1) is 14.2. The van der Waals surface area contributed by atoms with Crippen LogP contribution in [-0.2, 0) is 6.18 Å². The summed E-state index contributed by atoms with van der Waals surface area (Å²) in [7, 11) is 0. The lowest BCUT2D eigenvalue weighted by Gasteiger charge is -2.38. The third kappa shape index (κ3) is 4.78. The standard InChI is InChI=1S/C17H19F7N6S/c18-14(19)3-1-8(5-14)17(25)29-11(12-27-10(7-31-12)16(22,23)24)28-13(30-17)26-9-2-4-15(20,21)6-9/h7-9H,1-6,25H2,(H2,26,28,29,30). The van der Waals surface area contributed by atoms with Crippen LogP contribution in [0.4, 0.5) is 30.7 Å². The second-order valence-corrected chi connectivity index (χ2v) is 8.96. The highest BCUT2D eigenvalue weighted by atomic mass is 32.1. The number of nitrogens with one attached hydrogen (secondary N) is 2. The SMILES string of the molecule is NC1(C2CCC(F)(F)C2)N=C(c2nc(C(F)(F)F)cs2)NC(=NC2CCC(F)(F)C2)N1. The largest absolute Gasteiger partial charge is 0.434 e. The molecule has 14 heteroatoms. The molecule has 0 saturated heterocycles. The monoisotopic (exact) mass is 472 g/mol. The van der Waals surface area contributed by atoms with Crippen LogP contribution in [0.25, 0.3) is 0 Å². The Bertz CT molecular complexity index is 911. The fourth-order valence-electron chi connectivity index (χ4n) is 3.99. The fraction of sp³-hybridized carbons (Fsp3) is 0.706. The minimum atomic E-state index is -4.68. The molecule has 6 nitrogen and oxygen atoms in total. The van der Waals surface area contributed by atoms with E-state index in [4.69, 9.17) is 5.73 Å². The molecule has 2 fully saturated rings. The molecule has 172 valence electrons. The average molecular weight is 472 g/mol. The molecule has 4 rings (SSSR count). The summed E-state index contributed by atoms with van der Waals surface area (Å²) in [5, 5.41) is 5.97. The number of nitrogens with two attached hydrogens (primary N) is 1. The van der Waals surface area contributed by atoms with E-state index < -0.39 is 60.7 Å². The first-order valence-corrected chi connectivity index (χ1v) is 10.4. The molecule has 2 heterocycles. The molecule has 0 radical (unpaired) electrons. The van der Waals surface area contributed by atoms with Gasteiger partial charge in [-0.2, -0.15) is 13.2 Å². The average Bonchev–Trinajstić information content (AvgIpc) is 3.32. The number of aliphatic imine (C=N–C) groups is 2. The van der Waals surface area contributed by atoms with E-state index in [-0.39, 0.29) is 36.1 Å². The Kier molecular flexibility index (Phi) is 5.23. The van der Waals surface area contributed by atoms with Gasteiger partial charge in [-0.05, 0) is 12.8 Å². The van der Waals surface area contributed by atoms with E-state index in [0.717, 1.165) is 5.38 Å². The highest BCUT2D eigenvalue weighted by molar-refractivity contribution is 7.11. The highest BCUT2D eigenvalue weighted by Crippen LogP contribution is 2.43. The maximum absolute atomic E-state index is 13.8. The van der Waals surface area contributed by atoms with Gasteiger partial charge >= 0.3 is 6.18 Å². The van der Waals surface area contributed by atoms with Gasteiger partial charge < -0.3 is 10.6 Å². The Morgan fingerprint density at radius 1 is 1.10 bits per heavy atom.